The molecule has 2 aromatic rings. The maximum Gasteiger partial charge on any atom is 0.216 e. The molecule has 0 aromatic heterocycles. The fourth-order valence-corrected chi connectivity index (χ4v) is 3.53. The Morgan fingerprint density at radius 3 is 2.30 bits per heavy atom. The molecule has 0 amide bonds. The van der Waals surface area contributed by atoms with Gasteiger partial charge in [0, 0.05) is 19.6 Å². The predicted octanol–water partition coefficient (Wildman–Crippen LogP) is 5.36. The minimum absolute atomic E-state index is 0.0296. The van der Waals surface area contributed by atoms with Crippen molar-refractivity contribution in [3.63, 3.8) is 0 Å². The van der Waals surface area contributed by atoms with E-state index in [9.17, 15) is 4.79 Å². The molecular formula is C16H14OS3. The molecule has 2 aromatic carbocycles. The van der Waals surface area contributed by atoms with E-state index in [4.69, 9.17) is 0 Å². The average Bonchev–Trinajstić information content (AvgIpc) is 2.49. The Bertz CT molecular complexity index is 605. The van der Waals surface area contributed by atoms with Crippen LogP contribution in [0.5, 0.6) is 0 Å². The molecule has 0 heterocycles. The number of carbonyl (C=O) groups is 1. The summed E-state index contributed by atoms with van der Waals surface area (Å²) >= 11 is 4.66. The second-order valence-electron chi connectivity index (χ2n) is 3.88. The maximum atomic E-state index is 11.3. The summed E-state index contributed by atoms with van der Waals surface area (Å²) in [7, 11) is 0. The summed E-state index contributed by atoms with van der Waals surface area (Å²) < 4.78 is 0. The number of thioether (sulfide) groups is 2. The normalized spacial score (nSPS) is 10.2. The van der Waals surface area contributed by atoms with E-state index in [1.54, 1.807) is 23.5 Å². The van der Waals surface area contributed by atoms with Crippen molar-refractivity contribution in [2.75, 3.05) is 6.26 Å². The molecule has 0 unspecified atom stereocenters. The Morgan fingerprint density at radius 2 is 1.65 bits per heavy atom. The number of benzene rings is 2. The van der Waals surface area contributed by atoms with Gasteiger partial charge in [-0.1, -0.05) is 24.4 Å². The standard InChI is InChI=1S/C16H14OS3/c1-3-16(17)20-13-9-7-12(8-10-13)19-15-6-4-5-14(11-15)18-2/h3-11H,1H2,2H3. The van der Waals surface area contributed by atoms with Crippen molar-refractivity contribution in [1.29, 1.82) is 0 Å². The molecule has 0 aliphatic rings. The summed E-state index contributed by atoms with van der Waals surface area (Å²) in [5.74, 6) is 0. The first-order chi connectivity index (χ1) is 9.71. The van der Waals surface area contributed by atoms with Crippen LogP contribution in [0.4, 0.5) is 0 Å². The highest BCUT2D eigenvalue weighted by molar-refractivity contribution is 8.14. The Hall–Kier alpha value is -1.10. The number of rotatable bonds is 5. The Morgan fingerprint density at radius 1 is 1.00 bits per heavy atom. The van der Waals surface area contributed by atoms with E-state index in [1.807, 2.05) is 24.3 Å². The quantitative estimate of drug-likeness (QED) is 0.544. The van der Waals surface area contributed by atoms with Gasteiger partial charge in [0.15, 0.2) is 0 Å². The fourth-order valence-electron chi connectivity index (χ4n) is 1.53. The molecule has 0 spiro atoms. The van der Waals surface area contributed by atoms with Gasteiger partial charge in [0.05, 0.1) is 0 Å². The monoisotopic (exact) mass is 318 g/mol. The Kier molecular flexibility index (Phi) is 5.83. The maximum absolute atomic E-state index is 11.3. The van der Waals surface area contributed by atoms with Crippen LogP contribution >= 0.6 is 35.3 Å². The molecule has 20 heavy (non-hydrogen) atoms. The van der Waals surface area contributed by atoms with Gasteiger partial charge in [-0.2, -0.15) is 0 Å². The molecule has 0 atom stereocenters. The first-order valence-corrected chi connectivity index (χ1v) is 8.83. The van der Waals surface area contributed by atoms with Crippen molar-refractivity contribution < 1.29 is 4.79 Å². The summed E-state index contributed by atoms with van der Waals surface area (Å²) in [6.45, 7) is 3.47. The van der Waals surface area contributed by atoms with Gasteiger partial charge in [-0.05, 0) is 66.6 Å². The van der Waals surface area contributed by atoms with E-state index in [0.717, 1.165) is 4.90 Å². The van der Waals surface area contributed by atoms with Gasteiger partial charge in [0.25, 0.3) is 0 Å². The van der Waals surface area contributed by atoms with E-state index < -0.39 is 0 Å². The zero-order chi connectivity index (χ0) is 14.4. The summed E-state index contributed by atoms with van der Waals surface area (Å²) in [5.41, 5.74) is 0. The molecule has 0 saturated heterocycles. The minimum Gasteiger partial charge on any atom is -0.282 e. The molecule has 0 fully saturated rings. The molecule has 102 valence electrons. The van der Waals surface area contributed by atoms with Crippen LogP contribution in [-0.4, -0.2) is 11.4 Å². The molecule has 0 bridgehead atoms. The third-order valence-corrected chi connectivity index (χ3v) is 5.08. The zero-order valence-electron chi connectivity index (χ0n) is 11.0. The third-order valence-electron chi connectivity index (χ3n) is 2.49. The van der Waals surface area contributed by atoms with Crippen molar-refractivity contribution in [1.82, 2.24) is 0 Å². The van der Waals surface area contributed by atoms with Gasteiger partial charge in [-0.15, -0.1) is 11.8 Å². The van der Waals surface area contributed by atoms with Crippen LogP contribution in [0.15, 0.2) is 80.8 Å². The first-order valence-electron chi connectivity index (χ1n) is 5.97. The smallest absolute Gasteiger partial charge is 0.216 e. The summed E-state index contributed by atoms with van der Waals surface area (Å²) in [5, 5.41) is -0.0296. The lowest BCUT2D eigenvalue weighted by Gasteiger charge is -2.04. The third kappa shape index (κ3) is 4.47. The van der Waals surface area contributed by atoms with Crippen molar-refractivity contribution in [3.8, 4) is 0 Å². The SMILES string of the molecule is C=CC(=O)Sc1ccc(Sc2cccc(SC)c2)cc1. The van der Waals surface area contributed by atoms with Crippen LogP contribution in [0.1, 0.15) is 0 Å². The molecule has 0 aliphatic heterocycles. The van der Waals surface area contributed by atoms with Crippen LogP contribution in [0.2, 0.25) is 0 Å². The Labute approximate surface area is 132 Å². The van der Waals surface area contributed by atoms with Gasteiger partial charge < -0.3 is 0 Å². The second-order valence-corrected chi connectivity index (χ2v) is 6.98. The van der Waals surface area contributed by atoms with Crippen LogP contribution in [0.3, 0.4) is 0 Å². The van der Waals surface area contributed by atoms with Crippen LogP contribution in [0.25, 0.3) is 0 Å². The Balaban J connectivity index is 2.06. The van der Waals surface area contributed by atoms with Gasteiger partial charge >= 0.3 is 0 Å². The van der Waals surface area contributed by atoms with Gasteiger partial charge in [0.1, 0.15) is 0 Å². The molecule has 1 nitrogen and oxygen atoms in total. The van der Waals surface area contributed by atoms with E-state index >= 15 is 0 Å². The van der Waals surface area contributed by atoms with Crippen molar-refractivity contribution in [3.05, 3.63) is 61.2 Å². The molecule has 0 aliphatic carbocycles. The van der Waals surface area contributed by atoms with Crippen LogP contribution in [-0.2, 0) is 4.79 Å². The molecule has 4 heteroatoms. The highest BCUT2D eigenvalue weighted by Gasteiger charge is 2.02. The molecule has 0 radical (unpaired) electrons. The summed E-state index contributed by atoms with van der Waals surface area (Å²) in [6, 6.07) is 16.5. The first kappa shape index (κ1) is 15.3. The minimum atomic E-state index is -0.0296. The van der Waals surface area contributed by atoms with Gasteiger partial charge in [-0.3, -0.25) is 4.79 Å². The lowest BCUT2D eigenvalue weighted by molar-refractivity contribution is -0.107. The lowest BCUT2D eigenvalue weighted by Crippen LogP contribution is -1.83. The van der Waals surface area contributed by atoms with E-state index in [-0.39, 0.29) is 5.12 Å². The van der Waals surface area contributed by atoms with Crippen LogP contribution < -0.4 is 0 Å². The van der Waals surface area contributed by atoms with E-state index in [0.29, 0.717) is 0 Å². The molecule has 0 saturated carbocycles. The average molecular weight is 318 g/mol. The van der Waals surface area contributed by atoms with Crippen molar-refractivity contribution in [2.45, 2.75) is 19.6 Å². The number of hydrogen-bond donors (Lipinski definition) is 0. The van der Waals surface area contributed by atoms with E-state index in [2.05, 4.69) is 37.1 Å². The second kappa shape index (κ2) is 7.62. The molecular weight excluding hydrogens is 304 g/mol. The van der Waals surface area contributed by atoms with Crippen LogP contribution in [0, 0.1) is 0 Å². The molecule has 2 rings (SSSR count). The highest BCUT2D eigenvalue weighted by atomic mass is 32.2. The predicted molar refractivity (Wildman–Crippen MR) is 89.8 cm³/mol. The topological polar surface area (TPSA) is 17.1 Å². The van der Waals surface area contributed by atoms with E-state index in [1.165, 1.54) is 32.5 Å². The number of hydrogen-bond acceptors (Lipinski definition) is 4. The fraction of sp³-hybridized carbons (Fsp3) is 0.0625. The van der Waals surface area contributed by atoms with Gasteiger partial charge in [0.2, 0.25) is 5.12 Å². The largest absolute Gasteiger partial charge is 0.282 e. The van der Waals surface area contributed by atoms with Gasteiger partial charge in [-0.25, -0.2) is 0 Å². The molecule has 0 N–H and O–H groups in total. The lowest BCUT2D eigenvalue weighted by atomic mass is 10.4. The highest BCUT2D eigenvalue weighted by Crippen LogP contribution is 2.31. The summed E-state index contributed by atoms with van der Waals surface area (Å²) in [4.78, 5) is 15.9. The van der Waals surface area contributed by atoms with Crippen molar-refractivity contribution >= 4 is 40.4 Å². The number of carbonyl (C=O) groups excluding carboxylic acids is 1. The zero-order valence-corrected chi connectivity index (χ0v) is 13.5. The van der Waals surface area contributed by atoms with Crippen molar-refractivity contribution in [2.24, 2.45) is 0 Å². The summed E-state index contributed by atoms with van der Waals surface area (Å²) in [6.07, 6.45) is 3.41.